The monoisotopic (exact) mass is 366 g/mol. The lowest BCUT2D eigenvalue weighted by atomic mass is 10.2. The van der Waals surface area contributed by atoms with Crippen LogP contribution >= 0.6 is 23.2 Å². The highest BCUT2D eigenvalue weighted by Gasteiger charge is 2.15. The summed E-state index contributed by atoms with van der Waals surface area (Å²) in [5.74, 6) is 0.210. The van der Waals surface area contributed by atoms with Gasteiger partial charge in [0.05, 0.1) is 0 Å². The topological polar surface area (TPSA) is 58.1 Å². The zero-order valence-corrected chi connectivity index (χ0v) is 15.4. The minimum atomic E-state index is -0.124. The molecule has 1 amide bonds. The first-order chi connectivity index (χ1) is 11.4. The molecular weight excluding hydrogens is 347 g/mol. The number of hydrogen-bond acceptors (Lipinski definition) is 4. The number of hydrogen-bond donors (Lipinski definition) is 1. The Morgan fingerprint density at radius 2 is 1.83 bits per heavy atom. The Balaban J connectivity index is 2.23. The van der Waals surface area contributed by atoms with E-state index in [9.17, 15) is 4.79 Å². The molecule has 0 aliphatic carbocycles. The van der Waals surface area contributed by atoms with Crippen LogP contribution in [0.2, 0.25) is 10.0 Å². The van der Waals surface area contributed by atoms with Crippen LogP contribution in [0.15, 0.2) is 24.3 Å². The maximum absolute atomic E-state index is 12.5. The third-order valence-corrected chi connectivity index (χ3v) is 3.82. The van der Waals surface area contributed by atoms with Gasteiger partial charge in [-0.25, -0.2) is 9.97 Å². The number of benzene rings is 1. The molecule has 0 saturated carbocycles. The van der Waals surface area contributed by atoms with Crippen molar-refractivity contribution in [2.75, 3.05) is 18.9 Å². The summed E-state index contributed by atoms with van der Waals surface area (Å²) in [4.78, 5) is 22.8. The van der Waals surface area contributed by atoms with Crippen molar-refractivity contribution < 1.29 is 4.79 Å². The largest absolute Gasteiger partial charge is 0.340 e. The van der Waals surface area contributed by atoms with Crippen molar-refractivity contribution >= 4 is 40.7 Å². The van der Waals surface area contributed by atoms with Crippen molar-refractivity contribution in [2.24, 2.45) is 0 Å². The van der Waals surface area contributed by atoms with Gasteiger partial charge in [-0.05, 0) is 37.6 Å². The number of rotatable bonds is 6. The number of anilines is 2. The molecule has 0 aliphatic rings. The summed E-state index contributed by atoms with van der Waals surface area (Å²) < 4.78 is 0. The van der Waals surface area contributed by atoms with E-state index in [1.807, 2.05) is 6.92 Å². The van der Waals surface area contributed by atoms with Gasteiger partial charge < -0.3 is 10.2 Å². The van der Waals surface area contributed by atoms with E-state index in [1.54, 1.807) is 36.2 Å². The Labute approximate surface area is 152 Å². The molecular formula is C17H20Cl2N4O. The van der Waals surface area contributed by atoms with Gasteiger partial charge >= 0.3 is 0 Å². The maximum Gasteiger partial charge on any atom is 0.272 e. The summed E-state index contributed by atoms with van der Waals surface area (Å²) in [7, 11) is 1.78. The Kier molecular flexibility index (Phi) is 6.40. The van der Waals surface area contributed by atoms with Crippen molar-refractivity contribution in [1.82, 2.24) is 14.9 Å². The summed E-state index contributed by atoms with van der Waals surface area (Å²) in [6.07, 6.45) is 1.99. The van der Waals surface area contributed by atoms with Crippen LogP contribution < -0.4 is 5.32 Å². The molecule has 5 nitrogen and oxygen atoms in total. The Morgan fingerprint density at radius 3 is 2.46 bits per heavy atom. The lowest BCUT2D eigenvalue weighted by Crippen LogP contribution is -2.28. The minimum absolute atomic E-state index is 0.124. The van der Waals surface area contributed by atoms with E-state index in [-0.39, 0.29) is 5.91 Å². The van der Waals surface area contributed by atoms with Gasteiger partial charge in [-0.3, -0.25) is 4.79 Å². The average molecular weight is 367 g/mol. The molecule has 0 unspecified atom stereocenters. The average Bonchev–Trinajstić information content (AvgIpc) is 2.50. The number of carbonyl (C=O) groups excluding carboxylic acids is 1. The molecule has 1 aromatic carbocycles. The molecule has 24 heavy (non-hydrogen) atoms. The van der Waals surface area contributed by atoms with Crippen molar-refractivity contribution in [2.45, 2.75) is 26.7 Å². The van der Waals surface area contributed by atoms with E-state index in [0.717, 1.165) is 12.8 Å². The van der Waals surface area contributed by atoms with Gasteiger partial charge in [-0.1, -0.05) is 36.5 Å². The number of aromatic nitrogens is 2. The van der Waals surface area contributed by atoms with Gasteiger partial charge in [0.2, 0.25) is 5.95 Å². The SMILES string of the molecule is CCCCN(C)C(=O)c1cc(C)nc(Nc2cc(Cl)cc(Cl)c2)n1. The van der Waals surface area contributed by atoms with E-state index in [2.05, 4.69) is 22.2 Å². The van der Waals surface area contributed by atoms with Crippen LogP contribution in [0.25, 0.3) is 0 Å². The summed E-state index contributed by atoms with van der Waals surface area (Å²) in [6.45, 7) is 4.61. The van der Waals surface area contributed by atoms with Crippen molar-refractivity contribution in [3.63, 3.8) is 0 Å². The van der Waals surface area contributed by atoms with Crippen LogP contribution in [0, 0.1) is 6.92 Å². The van der Waals surface area contributed by atoms with Crippen LogP contribution in [-0.2, 0) is 0 Å². The molecule has 0 atom stereocenters. The zero-order valence-electron chi connectivity index (χ0n) is 13.9. The normalized spacial score (nSPS) is 10.5. The lowest BCUT2D eigenvalue weighted by Gasteiger charge is -2.17. The second kappa shape index (κ2) is 8.31. The fraction of sp³-hybridized carbons (Fsp3) is 0.353. The third-order valence-electron chi connectivity index (χ3n) is 3.39. The van der Waals surface area contributed by atoms with E-state index in [0.29, 0.717) is 39.6 Å². The number of nitrogens with one attached hydrogen (secondary N) is 1. The van der Waals surface area contributed by atoms with Crippen molar-refractivity contribution in [3.05, 3.63) is 45.7 Å². The van der Waals surface area contributed by atoms with E-state index >= 15 is 0 Å². The molecule has 0 bridgehead atoms. The van der Waals surface area contributed by atoms with Crippen LogP contribution in [0.1, 0.15) is 35.9 Å². The fourth-order valence-electron chi connectivity index (χ4n) is 2.18. The zero-order chi connectivity index (χ0) is 17.7. The van der Waals surface area contributed by atoms with Gasteiger partial charge in [0, 0.05) is 35.0 Å². The predicted molar refractivity (Wildman–Crippen MR) is 98.4 cm³/mol. The van der Waals surface area contributed by atoms with Crippen LogP contribution in [0.4, 0.5) is 11.6 Å². The highest BCUT2D eigenvalue weighted by Crippen LogP contribution is 2.24. The summed E-state index contributed by atoms with van der Waals surface area (Å²) in [6, 6.07) is 6.76. The van der Waals surface area contributed by atoms with Crippen LogP contribution in [-0.4, -0.2) is 34.4 Å². The molecule has 1 N–H and O–H groups in total. The smallest absolute Gasteiger partial charge is 0.272 e. The van der Waals surface area contributed by atoms with Gasteiger partial charge in [-0.15, -0.1) is 0 Å². The molecule has 0 radical (unpaired) electrons. The second-order valence-electron chi connectivity index (χ2n) is 5.58. The number of nitrogens with zero attached hydrogens (tertiary/aromatic N) is 3. The molecule has 128 valence electrons. The Hall–Kier alpha value is -1.85. The Morgan fingerprint density at radius 1 is 1.17 bits per heavy atom. The fourth-order valence-corrected chi connectivity index (χ4v) is 2.71. The minimum Gasteiger partial charge on any atom is -0.340 e. The van der Waals surface area contributed by atoms with Crippen LogP contribution in [0.3, 0.4) is 0 Å². The summed E-state index contributed by atoms with van der Waals surface area (Å²) in [5, 5.41) is 4.06. The molecule has 2 rings (SSSR count). The third kappa shape index (κ3) is 5.08. The van der Waals surface area contributed by atoms with Gasteiger partial charge in [0.25, 0.3) is 5.91 Å². The summed E-state index contributed by atoms with van der Waals surface area (Å²) in [5.41, 5.74) is 1.72. The molecule has 1 aromatic heterocycles. The molecule has 0 spiro atoms. The predicted octanol–water partition coefficient (Wildman–Crippen LogP) is 4.71. The maximum atomic E-state index is 12.5. The van der Waals surface area contributed by atoms with Gasteiger partial charge in [0.15, 0.2) is 0 Å². The highest BCUT2D eigenvalue weighted by atomic mass is 35.5. The lowest BCUT2D eigenvalue weighted by molar-refractivity contribution is 0.0787. The molecule has 2 aromatic rings. The number of amides is 1. The highest BCUT2D eigenvalue weighted by molar-refractivity contribution is 6.35. The molecule has 0 aliphatic heterocycles. The summed E-state index contributed by atoms with van der Waals surface area (Å²) >= 11 is 12.0. The molecule has 1 heterocycles. The van der Waals surface area contributed by atoms with Gasteiger partial charge in [-0.2, -0.15) is 0 Å². The quantitative estimate of drug-likeness (QED) is 0.804. The molecule has 7 heteroatoms. The van der Waals surface area contributed by atoms with Crippen molar-refractivity contribution in [3.8, 4) is 0 Å². The number of unbranched alkanes of at least 4 members (excludes halogenated alkanes) is 1. The van der Waals surface area contributed by atoms with E-state index in [1.165, 1.54) is 0 Å². The van der Waals surface area contributed by atoms with Gasteiger partial charge in [0.1, 0.15) is 5.69 Å². The standard InChI is InChI=1S/C17H20Cl2N4O/c1-4-5-6-23(3)16(24)15-7-11(2)20-17(22-15)21-14-9-12(18)8-13(19)10-14/h7-10H,4-6H2,1-3H3,(H,20,21,22). The van der Waals surface area contributed by atoms with E-state index in [4.69, 9.17) is 23.2 Å². The second-order valence-corrected chi connectivity index (χ2v) is 6.45. The number of carbonyl (C=O) groups is 1. The number of halogens is 2. The number of aryl methyl sites for hydroxylation is 1. The first-order valence-corrected chi connectivity index (χ1v) is 8.49. The molecule has 0 fully saturated rings. The van der Waals surface area contributed by atoms with Crippen LogP contribution in [0.5, 0.6) is 0 Å². The first kappa shape index (κ1) is 18.5. The van der Waals surface area contributed by atoms with Crippen molar-refractivity contribution in [1.29, 1.82) is 0 Å². The Bertz CT molecular complexity index is 716. The molecule has 0 saturated heterocycles. The van der Waals surface area contributed by atoms with E-state index < -0.39 is 0 Å². The first-order valence-electron chi connectivity index (χ1n) is 7.73.